The van der Waals surface area contributed by atoms with E-state index in [1.807, 2.05) is 13.2 Å². The largest absolute Gasteiger partial charge is 0.305 e. The van der Waals surface area contributed by atoms with Crippen LogP contribution in [-0.4, -0.2) is 12.0 Å². The number of hydrogen-bond acceptors (Lipinski definition) is 3. The Bertz CT molecular complexity index is 492. The Morgan fingerprint density at radius 3 is 3.00 bits per heavy atom. The van der Waals surface area contributed by atoms with Crippen LogP contribution in [0.2, 0.25) is 0 Å². The molecular formula is C13H14N2S. The maximum atomic E-state index is 4.50. The number of benzene rings is 1. The molecule has 1 N–H and O–H groups in total. The monoisotopic (exact) mass is 230 g/mol. The molecule has 0 bridgehead atoms. The van der Waals surface area contributed by atoms with E-state index in [0.717, 1.165) is 12.8 Å². The van der Waals surface area contributed by atoms with Gasteiger partial charge in [0, 0.05) is 11.6 Å². The summed E-state index contributed by atoms with van der Waals surface area (Å²) in [5.74, 6) is 0. The van der Waals surface area contributed by atoms with Gasteiger partial charge in [0.05, 0.1) is 5.54 Å². The lowest BCUT2D eigenvalue weighted by atomic mass is 9.93. The highest BCUT2D eigenvalue weighted by atomic mass is 32.1. The molecule has 82 valence electrons. The van der Waals surface area contributed by atoms with E-state index in [0.29, 0.717) is 0 Å². The van der Waals surface area contributed by atoms with Crippen molar-refractivity contribution in [2.45, 2.75) is 18.4 Å². The number of nitrogens with zero attached hydrogens (tertiary/aromatic N) is 1. The van der Waals surface area contributed by atoms with Crippen molar-refractivity contribution in [2.24, 2.45) is 0 Å². The van der Waals surface area contributed by atoms with E-state index >= 15 is 0 Å². The summed E-state index contributed by atoms with van der Waals surface area (Å²) >= 11 is 1.73. The van der Waals surface area contributed by atoms with Gasteiger partial charge in [0.15, 0.2) is 0 Å². The van der Waals surface area contributed by atoms with E-state index in [-0.39, 0.29) is 5.54 Å². The number of aromatic nitrogens is 1. The van der Waals surface area contributed by atoms with Crippen LogP contribution < -0.4 is 5.32 Å². The highest BCUT2D eigenvalue weighted by Gasteiger charge is 2.40. The second kappa shape index (κ2) is 3.68. The molecule has 3 heteroatoms. The third kappa shape index (κ3) is 1.25. The van der Waals surface area contributed by atoms with E-state index in [9.17, 15) is 0 Å². The molecule has 1 aromatic carbocycles. The third-order valence-electron chi connectivity index (χ3n) is 3.47. The molecule has 0 spiro atoms. The summed E-state index contributed by atoms with van der Waals surface area (Å²) in [6, 6.07) is 8.68. The minimum Gasteiger partial charge on any atom is -0.305 e. The number of fused-ring (bicyclic) bond motifs is 1. The van der Waals surface area contributed by atoms with E-state index in [2.05, 4.69) is 39.9 Å². The first-order valence-corrected chi connectivity index (χ1v) is 6.42. The topological polar surface area (TPSA) is 24.9 Å². The molecule has 0 fully saturated rings. The standard InChI is InChI=1S/C13H14N2S/c1-14-13(12-15-8-9-16-12)7-6-10-4-2-3-5-11(10)13/h2-5,8-9,14H,6-7H2,1H3. The van der Waals surface area contributed by atoms with Crippen molar-refractivity contribution in [1.82, 2.24) is 10.3 Å². The van der Waals surface area contributed by atoms with Crippen LogP contribution in [-0.2, 0) is 12.0 Å². The van der Waals surface area contributed by atoms with Crippen LogP contribution in [0.1, 0.15) is 22.6 Å². The molecule has 2 nitrogen and oxygen atoms in total. The van der Waals surface area contributed by atoms with Crippen molar-refractivity contribution in [3.8, 4) is 0 Å². The molecule has 0 aliphatic heterocycles. The molecular weight excluding hydrogens is 216 g/mol. The normalized spacial score (nSPS) is 23.3. The molecule has 1 aromatic heterocycles. The van der Waals surface area contributed by atoms with Crippen LogP contribution in [0, 0.1) is 0 Å². The molecule has 3 rings (SSSR count). The summed E-state index contributed by atoms with van der Waals surface area (Å²) in [6.07, 6.45) is 4.13. The van der Waals surface area contributed by atoms with Crippen LogP contribution >= 0.6 is 11.3 Å². The van der Waals surface area contributed by atoms with Gasteiger partial charge in [-0.3, -0.25) is 0 Å². The molecule has 1 aliphatic rings. The molecule has 0 radical (unpaired) electrons. The van der Waals surface area contributed by atoms with Crippen molar-refractivity contribution < 1.29 is 0 Å². The van der Waals surface area contributed by atoms with Crippen molar-refractivity contribution >= 4 is 11.3 Å². The maximum Gasteiger partial charge on any atom is 0.117 e. The smallest absolute Gasteiger partial charge is 0.117 e. The molecule has 16 heavy (non-hydrogen) atoms. The minimum atomic E-state index is -0.0508. The lowest BCUT2D eigenvalue weighted by Gasteiger charge is -2.27. The van der Waals surface area contributed by atoms with Crippen molar-refractivity contribution in [3.63, 3.8) is 0 Å². The van der Waals surface area contributed by atoms with Gasteiger partial charge in [0.2, 0.25) is 0 Å². The highest BCUT2D eigenvalue weighted by molar-refractivity contribution is 7.09. The van der Waals surface area contributed by atoms with Gasteiger partial charge in [-0.25, -0.2) is 4.98 Å². The van der Waals surface area contributed by atoms with Crippen LogP contribution in [0.3, 0.4) is 0 Å². The van der Waals surface area contributed by atoms with Gasteiger partial charge < -0.3 is 5.32 Å². The highest BCUT2D eigenvalue weighted by Crippen LogP contribution is 2.42. The van der Waals surface area contributed by atoms with Gasteiger partial charge in [-0.1, -0.05) is 24.3 Å². The molecule has 1 atom stereocenters. The van der Waals surface area contributed by atoms with E-state index < -0.39 is 0 Å². The molecule has 1 heterocycles. The fraction of sp³-hybridized carbons (Fsp3) is 0.308. The zero-order valence-electron chi connectivity index (χ0n) is 9.23. The molecule has 0 amide bonds. The average Bonchev–Trinajstić information content (AvgIpc) is 2.97. The Morgan fingerprint density at radius 2 is 2.25 bits per heavy atom. The molecule has 1 aliphatic carbocycles. The minimum absolute atomic E-state index is 0.0508. The first-order chi connectivity index (χ1) is 7.87. The number of rotatable bonds is 2. The van der Waals surface area contributed by atoms with Gasteiger partial charge in [-0.05, 0) is 31.0 Å². The van der Waals surface area contributed by atoms with Crippen LogP contribution in [0.25, 0.3) is 0 Å². The van der Waals surface area contributed by atoms with Gasteiger partial charge in [-0.15, -0.1) is 11.3 Å². The number of hydrogen-bond donors (Lipinski definition) is 1. The van der Waals surface area contributed by atoms with Crippen molar-refractivity contribution in [2.75, 3.05) is 7.05 Å². The SMILES string of the molecule is CNC1(c2nccs2)CCc2ccccc21. The van der Waals surface area contributed by atoms with E-state index in [4.69, 9.17) is 0 Å². The Kier molecular flexibility index (Phi) is 2.30. The number of nitrogens with one attached hydrogen (secondary N) is 1. The Hall–Kier alpha value is -1.19. The lowest BCUT2D eigenvalue weighted by molar-refractivity contribution is 0.434. The summed E-state index contributed by atoms with van der Waals surface area (Å²) in [5, 5.41) is 6.72. The Balaban J connectivity index is 2.18. The summed E-state index contributed by atoms with van der Waals surface area (Å²) in [5.41, 5.74) is 2.80. The summed E-state index contributed by atoms with van der Waals surface area (Å²) in [6.45, 7) is 0. The van der Waals surface area contributed by atoms with Crippen molar-refractivity contribution in [1.29, 1.82) is 0 Å². The predicted octanol–water partition coefficient (Wildman–Crippen LogP) is 2.55. The van der Waals surface area contributed by atoms with Crippen LogP contribution in [0.5, 0.6) is 0 Å². The summed E-state index contributed by atoms with van der Waals surface area (Å²) in [7, 11) is 2.03. The van der Waals surface area contributed by atoms with Gasteiger partial charge >= 0.3 is 0 Å². The quantitative estimate of drug-likeness (QED) is 0.857. The van der Waals surface area contributed by atoms with Gasteiger partial charge in [0.1, 0.15) is 5.01 Å². The molecule has 2 aromatic rings. The zero-order chi connectivity index (χ0) is 11.0. The lowest BCUT2D eigenvalue weighted by Crippen LogP contribution is -2.38. The predicted molar refractivity (Wildman–Crippen MR) is 66.7 cm³/mol. The third-order valence-corrected chi connectivity index (χ3v) is 4.41. The number of aryl methyl sites for hydroxylation is 1. The van der Waals surface area contributed by atoms with E-state index in [1.165, 1.54) is 16.1 Å². The van der Waals surface area contributed by atoms with Gasteiger partial charge in [-0.2, -0.15) is 0 Å². The molecule has 0 saturated heterocycles. The first-order valence-electron chi connectivity index (χ1n) is 5.54. The number of thiazole rings is 1. The second-order valence-corrected chi connectivity index (χ2v) is 5.04. The van der Waals surface area contributed by atoms with Crippen LogP contribution in [0.15, 0.2) is 35.8 Å². The molecule has 1 unspecified atom stereocenters. The Labute approximate surface area is 99.4 Å². The average molecular weight is 230 g/mol. The van der Waals surface area contributed by atoms with Crippen LogP contribution in [0.4, 0.5) is 0 Å². The summed E-state index contributed by atoms with van der Waals surface area (Å²) in [4.78, 5) is 4.50. The van der Waals surface area contributed by atoms with Gasteiger partial charge in [0.25, 0.3) is 0 Å². The fourth-order valence-corrected chi connectivity index (χ4v) is 3.52. The van der Waals surface area contributed by atoms with Crippen molar-refractivity contribution in [3.05, 3.63) is 52.0 Å². The van der Waals surface area contributed by atoms with E-state index in [1.54, 1.807) is 11.3 Å². The fourth-order valence-electron chi connectivity index (χ4n) is 2.63. The zero-order valence-corrected chi connectivity index (χ0v) is 10.1. The Morgan fingerprint density at radius 1 is 1.38 bits per heavy atom. The second-order valence-electron chi connectivity index (χ2n) is 4.15. The molecule has 0 saturated carbocycles. The summed E-state index contributed by atoms with van der Waals surface area (Å²) < 4.78 is 0. The first kappa shape index (κ1) is 10.00. The maximum absolute atomic E-state index is 4.50.